The highest BCUT2D eigenvalue weighted by molar-refractivity contribution is 6.30. The molecule has 0 aromatic carbocycles. The maximum absolute atomic E-state index is 11.9. The Bertz CT molecular complexity index is 613. The lowest BCUT2D eigenvalue weighted by Crippen LogP contribution is -2.40. The molecule has 0 radical (unpaired) electrons. The smallest absolute Gasteiger partial charge is 0.273 e. The monoisotopic (exact) mass is 310 g/mol. The third-order valence-corrected chi connectivity index (χ3v) is 3.85. The summed E-state index contributed by atoms with van der Waals surface area (Å²) in [6, 6.07) is -0.287. The molecule has 3 atom stereocenters. The molecule has 3 rings (SSSR count). The van der Waals surface area contributed by atoms with Gasteiger partial charge in [0.25, 0.3) is 5.91 Å². The van der Waals surface area contributed by atoms with Crippen LogP contribution in [0.2, 0.25) is 5.02 Å². The van der Waals surface area contributed by atoms with Crippen molar-refractivity contribution in [2.24, 2.45) is 5.92 Å². The van der Waals surface area contributed by atoms with Crippen LogP contribution in [0.3, 0.4) is 0 Å². The molecule has 0 aliphatic heterocycles. The van der Waals surface area contributed by atoms with Crippen molar-refractivity contribution in [1.29, 1.82) is 0 Å². The van der Waals surface area contributed by atoms with Crippen LogP contribution in [0, 0.1) is 5.92 Å². The number of oxazole rings is 1. The van der Waals surface area contributed by atoms with Gasteiger partial charge in [0.15, 0.2) is 12.1 Å². The van der Waals surface area contributed by atoms with Gasteiger partial charge in [-0.05, 0) is 18.8 Å². The second-order valence-electron chi connectivity index (χ2n) is 5.24. The van der Waals surface area contributed by atoms with E-state index in [0.717, 1.165) is 0 Å². The Labute approximate surface area is 125 Å². The minimum atomic E-state index is -0.572. The second kappa shape index (κ2) is 5.87. The number of hydrogen-bond donors (Lipinski definition) is 2. The van der Waals surface area contributed by atoms with Gasteiger partial charge in [-0.3, -0.25) is 9.48 Å². The molecule has 2 aromatic heterocycles. The second-order valence-corrected chi connectivity index (χ2v) is 5.68. The van der Waals surface area contributed by atoms with Gasteiger partial charge in [0.2, 0.25) is 0 Å². The molecule has 0 spiro atoms. The number of nitrogens with zero attached hydrogens (tertiary/aromatic N) is 3. The molecular weight excluding hydrogens is 296 g/mol. The highest BCUT2D eigenvalue weighted by atomic mass is 35.5. The number of carbonyl (C=O) groups excluding carboxylic acids is 1. The number of hydrogen-bond acceptors (Lipinski definition) is 5. The van der Waals surface area contributed by atoms with E-state index >= 15 is 0 Å². The van der Waals surface area contributed by atoms with Gasteiger partial charge in [-0.15, -0.1) is 0 Å². The summed E-state index contributed by atoms with van der Waals surface area (Å²) in [6.07, 6.45) is 6.52. The van der Waals surface area contributed by atoms with Crippen LogP contribution in [0.15, 0.2) is 29.5 Å². The number of halogens is 1. The summed E-state index contributed by atoms with van der Waals surface area (Å²) in [7, 11) is 0. The quantitative estimate of drug-likeness (QED) is 0.882. The Morgan fingerprint density at radius 1 is 1.57 bits per heavy atom. The fourth-order valence-electron chi connectivity index (χ4n) is 2.69. The van der Waals surface area contributed by atoms with Crippen molar-refractivity contribution in [2.45, 2.75) is 31.5 Å². The van der Waals surface area contributed by atoms with Crippen molar-refractivity contribution in [1.82, 2.24) is 20.1 Å². The molecule has 7 nitrogen and oxygen atoms in total. The number of amides is 1. The third kappa shape index (κ3) is 3.25. The van der Waals surface area contributed by atoms with Crippen LogP contribution in [0.4, 0.5) is 0 Å². The Hall–Kier alpha value is -1.86. The van der Waals surface area contributed by atoms with Crippen molar-refractivity contribution in [3.63, 3.8) is 0 Å². The Morgan fingerprint density at radius 3 is 3.10 bits per heavy atom. The molecule has 1 amide bonds. The van der Waals surface area contributed by atoms with Crippen LogP contribution < -0.4 is 5.32 Å². The number of carbonyl (C=O) groups is 1. The topological polar surface area (TPSA) is 93.2 Å². The number of nitrogens with one attached hydrogen (secondary N) is 1. The lowest BCUT2D eigenvalue weighted by atomic mass is 10.1. The molecular formula is C13H15ClN4O3. The molecule has 112 valence electrons. The van der Waals surface area contributed by atoms with Crippen molar-refractivity contribution in [3.05, 3.63) is 35.8 Å². The van der Waals surface area contributed by atoms with E-state index in [-0.39, 0.29) is 23.6 Å². The van der Waals surface area contributed by atoms with E-state index in [4.69, 9.17) is 16.0 Å². The summed E-state index contributed by atoms with van der Waals surface area (Å²) in [5.41, 5.74) is 0.213. The van der Waals surface area contributed by atoms with Gasteiger partial charge in [-0.1, -0.05) is 11.6 Å². The summed E-state index contributed by atoms with van der Waals surface area (Å²) >= 11 is 5.82. The zero-order valence-corrected chi connectivity index (χ0v) is 11.9. The van der Waals surface area contributed by atoms with Crippen molar-refractivity contribution < 1.29 is 14.3 Å². The summed E-state index contributed by atoms with van der Waals surface area (Å²) in [5.74, 6) is -0.103. The minimum Gasteiger partial charge on any atom is -0.451 e. The summed E-state index contributed by atoms with van der Waals surface area (Å²) < 4.78 is 6.52. The summed E-state index contributed by atoms with van der Waals surface area (Å²) in [4.78, 5) is 15.7. The van der Waals surface area contributed by atoms with Crippen molar-refractivity contribution >= 4 is 17.5 Å². The van der Waals surface area contributed by atoms with Gasteiger partial charge >= 0.3 is 0 Å². The van der Waals surface area contributed by atoms with Crippen LogP contribution in [-0.4, -0.2) is 37.9 Å². The first kappa shape index (κ1) is 14.1. The average Bonchev–Trinajstić information content (AvgIpc) is 3.14. The fourth-order valence-corrected chi connectivity index (χ4v) is 2.85. The lowest BCUT2D eigenvalue weighted by Gasteiger charge is -2.15. The zero-order valence-electron chi connectivity index (χ0n) is 11.1. The fraction of sp³-hybridized carbons (Fsp3) is 0.462. The molecule has 1 fully saturated rings. The highest BCUT2D eigenvalue weighted by Crippen LogP contribution is 2.28. The van der Waals surface area contributed by atoms with Crippen LogP contribution in [0.25, 0.3) is 0 Å². The minimum absolute atomic E-state index is 0.213. The molecule has 2 N–H and O–H groups in total. The summed E-state index contributed by atoms with van der Waals surface area (Å²) in [6.45, 7) is 0.667. The molecule has 1 saturated carbocycles. The van der Waals surface area contributed by atoms with Gasteiger partial charge in [0, 0.05) is 12.7 Å². The normalized spacial score (nSPS) is 25.1. The average molecular weight is 311 g/mol. The summed E-state index contributed by atoms with van der Waals surface area (Å²) in [5, 5.41) is 17.6. The van der Waals surface area contributed by atoms with Gasteiger partial charge in [-0.2, -0.15) is 5.10 Å². The number of aromatic nitrogens is 3. The van der Waals surface area contributed by atoms with Gasteiger partial charge in [0.1, 0.15) is 6.26 Å². The van der Waals surface area contributed by atoms with E-state index < -0.39 is 6.10 Å². The maximum Gasteiger partial charge on any atom is 0.273 e. The molecule has 0 saturated heterocycles. The van der Waals surface area contributed by atoms with E-state index in [1.54, 1.807) is 17.1 Å². The predicted molar refractivity (Wildman–Crippen MR) is 73.7 cm³/mol. The largest absolute Gasteiger partial charge is 0.451 e. The first-order chi connectivity index (χ1) is 10.1. The van der Waals surface area contributed by atoms with Crippen LogP contribution in [0.1, 0.15) is 23.3 Å². The number of aliphatic hydroxyl groups excluding tert-OH is 1. The van der Waals surface area contributed by atoms with Crippen LogP contribution in [0.5, 0.6) is 0 Å². The maximum atomic E-state index is 11.9. The highest BCUT2D eigenvalue weighted by Gasteiger charge is 2.34. The Morgan fingerprint density at radius 2 is 2.43 bits per heavy atom. The van der Waals surface area contributed by atoms with E-state index in [9.17, 15) is 9.90 Å². The van der Waals surface area contributed by atoms with Crippen LogP contribution >= 0.6 is 11.6 Å². The van der Waals surface area contributed by atoms with Gasteiger partial charge < -0.3 is 14.8 Å². The van der Waals surface area contributed by atoms with E-state index in [2.05, 4.69) is 15.4 Å². The Balaban J connectivity index is 1.57. The van der Waals surface area contributed by atoms with Crippen molar-refractivity contribution in [3.8, 4) is 0 Å². The predicted octanol–water partition coefficient (Wildman–Crippen LogP) is 1.09. The third-order valence-electron chi connectivity index (χ3n) is 3.65. The number of rotatable bonds is 4. The standard InChI is InChI=1S/C13H15ClN4O3/c14-9-3-16-18(5-9)4-8-1-10(12(19)2-8)17-13(20)11-6-21-7-15-11/h3,5-8,10,12,19H,1-2,4H2,(H,17,20)/t8?,10-,12-/m1/s1. The molecule has 1 aliphatic rings. The van der Waals surface area contributed by atoms with Crippen LogP contribution in [-0.2, 0) is 6.54 Å². The van der Waals surface area contributed by atoms with E-state index in [1.165, 1.54) is 12.7 Å². The molecule has 2 heterocycles. The molecule has 21 heavy (non-hydrogen) atoms. The number of aliphatic hydroxyl groups is 1. The first-order valence-electron chi connectivity index (χ1n) is 6.67. The first-order valence-corrected chi connectivity index (χ1v) is 7.04. The molecule has 1 unspecified atom stereocenters. The van der Waals surface area contributed by atoms with E-state index in [0.29, 0.717) is 24.4 Å². The SMILES string of the molecule is O=C(N[C@@H]1CC(Cn2cc(Cl)cn2)C[C@H]1O)c1cocn1. The molecule has 0 bridgehead atoms. The zero-order chi connectivity index (χ0) is 14.8. The Kier molecular flexibility index (Phi) is 3.94. The lowest BCUT2D eigenvalue weighted by molar-refractivity contribution is 0.0868. The molecule has 2 aromatic rings. The van der Waals surface area contributed by atoms with E-state index in [1.807, 2.05) is 0 Å². The van der Waals surface area contributed by atoms with Gasteiger partial charge in [-0.25, -0.2) is 4.98 Å². The molecule has 1 aliphatic carbocycles. The van der Waals surface area contributed by atoms with Crippen molar-refractivity contribution in [2.75, 3.05) is 0 Å². The molecule has 8 heteroatoms. The van der Waals surface area contributed by atoms with Gasteiger partial charge in [0.05, 0.1) is 23.4 Å².